The molecule has 1 atom stereocenters. The number of carbonyl (C=O) groups is 2. The van der Waals surface area contributed by atoms with E-state index in [0.29, 0.717) is 23.7 Å². The molecule has 1 saturated heterocycles. The molecule has 5 nitrogen and oxygen atoms in total. The largest absolute Gasteiger partial charge is 0.326 e. The maximum absolute atomic E-state index is 12.5. The molecule has 0 unspecified atom stereocenters. The summed E-state index contributed by atoms with van der Waals surface area (Å²) < 4.78 is 0. The summed E-state index contributed by atoms with van der Waals surface area (Å²) in [6.45, 7) is 3.28. The van der Waals surface area contributed by atoms with Crippen molar-refractivity contribution in [2.24, 2.45) is 0 Å². The molecule has 3 amide bonds. The van der Waals surface area contributed by atoms with E-state index in [4.69, 9.17) is 0 Å². The predicted octanol–water partition coefficient (Wildman–Crippen LogP) is 4.06. The monoisotopic (exact) mass is 337 g/mol. The summed E-state index contributed by atoms with van der Waals surface area (Å²) in [5, 5.41) is 5.72. The van der Waals surface area contributed by atoms with Gasteiger partial charge in [-0.2, -0.15) is 0 Å². The van der Waals surface area contributed by atoms with Crippen molar-refractivity contribution in [1.82, 2.24) is 4.90 Å². The Morgan fingerprint density at radius 1 is 1.04 bits per heavy atom. The highest BCUT2D eigenvalue weighted by molar-refractivity contribution is 5.93. The van der Waals surface area contributed by atoms with Crippen LogP contribution in [0.25, 0.3) is 0 Å². The molecule has 2 aromatic rings. The van der Waals surface area contributed by atoms with Crippen LogP contribution in [0.2, 0.25) is 0 Å². The molecular weight excluding hydrogens is 314 g/mol. The molecule has 0 saturated carbocycles. The molecular formula is C20H23N3O2. The number of nitrogens with one attached hydrogen (secondary N) is 2. The third-order valence-corrected chi connectivity index (χ3v) is 4.47. The van der Waals surface area contributed by atoms with Crippen LogP contribution in [0, 0.1) is 0 Å². The van der Waals surface area contributed by atoms with Gasteiger partial charge in [-0.25, -0.2) is 4.79 Å². The van der Waals surface area contributed by atoms with Gasteiger partial charge in [0.2, 0.25) is 5.91 Å². The first-order chi connectivity index (χ1) is 12.2. The van der Waals surface area contributed by atoms with Crippen LogP contribution < -0.4 is 10.6 Å². The number of amides is 3. The van der Waals surface area contributed by atoms with E-state index in [-0.39, 0.29) is 11.9 Å². The first-order valence-electron chi connectivity index (χ1n) is 8.66. The first-order valence-corrected chi connectivity index (χ1v) is 8.66. The highest BCUT2D eigenvalue weighted by Crippen LogP contribution is 2.27. The van der Waals surface area contributed by atoms with Crippen LogP contribution in [0.3, 0.4) is 0 Å². The van der Waals surface area contributed by atoms with Crippen molar-refractivity contribution in [2.75, 3.05) is 23.7 Å². The van der Waals surface area contributed by atoms with Crippen molar-refractivity contribution < 1.29 is 9.59 Å². The second kappa shape index (κ2) is 7.83. The molecule has 0 spiro atoms. The predicted molar refractivity (Wildman–Crippen MR) is 99.8 cm³/mol. The van der Waals surface area contributed by atoms with Gasteiger partial charge in [0, 0.05) is 36.8 Å². The van der Waals surface area contributed by atoms with E-state index in [1.54, 1.807) is 13.0 Å². The van der Waals surface area contributed by atoms with Gasteiger partial charge >= 0.3 is 6.03 Å². The minimum atomic E-state index is -0.0996. The molecule has 1 aliphatic heterocycles. The summed E-state index contributed by atoms with van der Waals surface area (Å²) in [5.74, 6) is 0.343. The molecule has 1 heterocycles. The number of benzene rings is 2. The van der Waals surface area contributed by atoms with Gasteiger partial charge in [-0.3, -0.25) is 4.79 Å². The minimum Gasteiger partial charge on any atom is -0.326 e. The van der Waals surface area contributed by atoms with E-state index < -0.39 is 0 Å². The van der Waals surface area contributed by atoms with Gasteiger partial charge in [0.05, 0.1) is 0 Å². The normalized spacial score (nSPS) is 16.5. The Balaban J connectivity index is 1.59. The van der Waals surface area contributed by atoms with Crippen LogP contribution in [0.15, 0.2) is 54.6 Å². The molecule has 5 heteroatoms. The van der Waals surface area contributed by atoms with Crippen LogP contribution in [0.5, 0.6) is 0 Å². The smallest absolute Gasteiger partial charge is 0.321 e. The van der Waals surface area contributed by atoms with E-state index in [9.17, 15) is 9.59 Å². The van der Waals surface area contributed by atoms with Crippen LogP contribution in [-0.4, -0.2) is 29.9 Å². The second-order valence-electron chi connectivity index (χ2n) is 6.25. The third-order valence-electron chi connectivity index (χ3n) is 4.47. The molecule has 0 radical (unpaired) electrons. The Kier molecular flexibility index (Phi) is 5.33. The Hall–Kier alpha value is -2.82. The Labute approximate surface area is 148 Å². The van der Waals surface area contributed by atoms with Gasteiger partial charge in [0.15, 0.2) is 0 Å². The molecule has 0 bridgehead atoms. The van der Waals surface area contributed by atoms with E-state index in [2.05, 4.69) is 22.8 Å². The van der Waals surface area contributed by atoms with E-state index in [1.807, 2.05) is 41.3 Å². The Morgan fingerprint density at radius 2 is 1.76 bits per heavy atom. The van der Waals surface area contributed by atoms with Gasteiger partial charge in [-0.15, -0.1) is 0 Å². The number of likely N-dealkylation sites (tertiary alicyclic amines) is 1. The average Bonchev–Trinajstić information content (AvgIpc) is 3.13. The lowest BCUT2D eigenvalue weighted by Gasteiger charge is -2.18. The zero-order valence-electron chi connectivity index (χ0n) is 14.4. The lowest BCUT2D eigenvalue weighted by molar-refractivity contribution is -0.115. The Bertz CT molecular complexity index is 746. The van der Waals surface area contributed by atoms with E-state index in [1.165, 1.54) is 5.56 Å². The molecule has 0 aliphatic carbocycles. The van der Waals surface area contributed by atoms with Crippen molar-refractivity contribution >= 4 is 23.3 Å². The zero-order chi connectivity index (χ0) is 17.6. The third kappa shape index (κ3) is 4.38. The lowest BCUT2D eigenvalue weighted by atomic mass is 9.99. The summed E-state index contributed by atoms with van der Waals surface area (Å²) in [6, 6.07) is 17.4. The second-order valence-corrected chi connectivity index (χ2v) is 6.25. The molecule has 2 aromatic carbocycles. The van der Waals surface area contributed by atoms with Crippen LogP contribution >= 0.6 is 0 Å². The minimum absolute atomic E-state index is 0.0475. The lowest BCUT2D eigenvalue weighted by Crippen LogP contribution is -2.32. The maximum atomic E-state index is 12.5. The topological polar surface area (TPSA) is 61.4 Å². The number of hydrogen-bond donors (Lipinski definition) is 2. The van der Waals surface area contributed by atoms with Gasteiger partial charge in [-0.05, 0) is 30.2 Å². The number of carbonyl (C=O) groups excluding carboxylic acids is 2. The van der Waals surface area contributed by atoms with Crippen molar-refractivity contribution in [2.45, 2.75) is 25.7 Å². The summed E-state index contributed by atoms with van der Waals surface area (Å²) in [5.41, 5.74) is 2.65. The molecule has 1 aliphatic rings. The van der Waals surface area contributed by atoms with E-state index >= 15 is 0 Å². The first kappa shape index (κ1) is 17.0. The van der Waals surface area contributed by atoms with Crippen LogP contribution in [-0.2, 0) is 4.79 Å². The average molecular weight is 337 g/mol. The summed E-state index contributed by atoms with van der Waals surface area (Å²) in [4.78, 5) is 25.8. The standard InChI is InChI=1S/C20H23N3O2/c1-2-19(24)21-17-9-6-10-18(13-17)22-20(25)23-12-11-16(14-23)15-7-4-3-5-8-15/h3-10,13,16H,2,11-12,14H2,1H3,(H,21,24)(H,22,25)/t16-/m0/s1. The highest BCUT2D eigenvalue weighted by Gasteiger charge is 2.27. The van der Waals surface area contributed by atoms with Crippen LogP contribution in [0.1, 0.15) is 31.2 Å². The summed E-state index contributed by atoms with van der Waals surface area (Å²) >= 11 is 0. The van der Waals surface area contributed by atoms with Gasteiger partial charge < -0.3 is 15.5 Å². The SMILES string of the molecule is CCC(=O)Nc1cccc(NC(=O)N2CC[C@H](c3ccccc3)C2)c1. The van der Waals surface area contributed by atoms with Crippen molar-refractivity contribution in [3.8, 4) is 0 Å². The highest BCUT2D eigenvalue weighted by atomic mass is 16.2. The van der Waals surface area contributed by atoms with E-state index in [0.717, 1.165) is 19.5 Å². The maximum Gasteiger partial charge on any atom is 0.321 e. The molecule has 2 N–H and O–H groups in total. The molecule has 3 rings (SSSR count). The van der Waals surface area contributed by atoms with Crippen molar-refractivity contribution in [3.63, 3.8) is 0 Å². The molecule has 1 fully saturated rings. The van der Waals surface area contributed by atoms with Gasteiger partial charge in [-0.1, -0.05) is 43.3 Å². The quantitative estimate of drug-likeness (QED) is 0.884. The van der Waals surface area contributed by atoms with Gasteiger partial charge in [0.25, 0.3) is 0 Å². The number of hydrogen-bond acceptors (Lipinski definition) is 2. The number of rotatable bonds is 4. The van der Waals surface area contributed by atoms with Crippen LogP contribution in [0.4, 0.5) is 16.2 Å². The van der Waals surface area contributed by atoms with Gasteiger partial charge in [0.1, 0.15) is 0 Å². The number of nitrogens with zero attached hydrogens (tertiary/aromatic N) is 1. The molecule has 130 valence electrons. The number of urea groups is 1. The zero-order valence-corrected chi connectivity index (χ0v) is 14.4. The summed E-state index contributed by atoms with van der Waals surface area (Å²) in [6.07, 6.45) is 1.40. The van der Waals surface area contributed by atoms with Crippen molar-refractivity contribution in [3.05, 3.63) is 60.2 Å². The summed E-state index contributed by atoms with van der Waals surface area (Å²) in [7, 11) is 0. The Morgan fingerprint density at radius 3 is 2.48 bits per heavy atom. The molecule has 0 aromatic heterocycles. The van der Waals surface area contributed by atoms with Crippen molar-refractivity contribution in [1.29, 1.82) is 0 Å². The fourth-order valence-electron chi connectivity index (χ4n) is 3.07. The molecule has 25 heavy (non-hydrogen) atoms. The number of anilines is 2. The fraction of sp³-hybridized carbons (Fsp3) is 0.300. The fourth-order valence-corrected chi connectivity index (χ4v) is 3.07.